The van der Waals surface area contributed by atoms with Crippen molar-refractivity contribution in [3.05, 3.63) is 54.1 Å². The Morgan fingerprint density at radius 3 is 2.48 bits per heavy atom. The summed E-state index contributed by atoms with van der Waals surface area (Å²) in [4.78, 5) is 12.2. The number of nitrogens with one attached hydrogen (secondary N) is 1. The van der Waals surface area contributed by atoms with Gasteiger partial charge in [-0.1, -0.05) is 32.0 Å². The number of methoxy groups -OCH3 is 1. The smallest absolute Gasteiger partial charge is 0.251 e. The van der Waals surface area contributed by atoms with Crippen molar-refractivity contribution in [1.29, 1.82) is 0 Å². The highest BCUT2D eigenvalue weighted by Crippen LogP contribution is 2.28. The predicted molar refractivity (Wildman–Crippen MR) is 97.6 cm³/mol. The van der Waals surface area contributed by atoms with Crippen LogP contribution < -0.4 is 19.5 Å². The van der Waals surface area contributed by atoms with Gasteiger partial charge in [0, 0.05) is 5.56 Å². The van der Waals surface area contributed by atoms with Gasteiger partial charge in [0.25, 0.3) is 5.91 Å². The SMILES string of the molecule is COc1cc(C(=O)NCCOc2ccccc2)ccc1OCC(C)C. The normalized spacial score (nSPS) is 10.4. The van der Waals surface area contributed by atoms with E-state index < -0.39 is 0 Å². The van der Waals surface area contributed by atoms with E-state index in [1.807, 2.05) is 30.3 Å². The second-order valence-electron chi connectivity index (χ2n) is 5.99. The van der Waals surface area contributed by atoms with E-state index in [2.05, 4.69) is 19.2 Å². The lowest BCUT2D eigenvalue weighted by Crippen LogP contribution is -2.28. The van der Waals surface area contributed by atoms with E-state index in [0.29, 0.717) is 42.7 Å². The molecule has 2 aromatic rings. The number of para-hydroxylation sites is 1. The summed E-state index contributed by atoms with van der Waals surface area (Å²) in [7, 11) is 1.56. The van der Waals surface area contributed by atoms with E-state index in [0.717, 1.165) is 5.75 Å². The maximum absolute atomic E-state index is 12.2. The van der Waals surface area contributed by atoms with E-state index in [9.17, 15) is 4.79 Å². The van der Waals surface area contributed by atoms with E-state index in [-0.39, 0.29) is 5.91 Å². The zero-order valence-electron chi connectivity index (χ0n) is 15.0. The first-order valence-corrected chi connectivity index (χ1v) is 8.37. The van der Waals surface area contributed by atoms with Crippen LogP contribution in [-0.4, -0.2) is 32.8 Å². The number of carbonyl (C=O) groups is 1. The minimum Gasteiger partial charge on any atom is -0.493 e. The molecule has 2 rings (SSSR count). The predicted octanol–water partition coefficient (Wildman–Crippen LogP) is 3.54. The topological polar surface area (TPSA) is 56.8 Å². The van der Waals surface area contributed by atoms with Gasteiger partial charge in [0.1, 0.15) is 12.4 Å². The van der Waals surface area contributed by atoms with E-state index >= 15 is 0 Å². The summed E-state index contributed by atoms with van der Waals surface area (Å²) < 4.78 is 16.6. The Labute approximate surface area is 148 Å². The van der Waals surface area contributed by atoms with E-state index in [1.54, 1.807) is 25.3 Å². The van der Waals surface area contributed by atoms with Gasteiger partial charge in [-0.3, -0.25) is 4.79 Å². The number of rotatable bonds is 9. The van der Waals surface area contributed by atoms with Crippen molar-refractivity contribution >= 4 is 5.91 Å². The zero-order chi connectivity index (χ0) is 18.1. The van der Waals surface area contributed by atoms with Crippen molar-refractivity contribution < 1.29 is 19.0 Å². The monoisotopic (exact) mass is 343 g/mol. The minimum absolute atomic E-state index is 0.176. The first-order valence-electron chi connectivity index (χ1n) is 8.37. The Bertz CT molecular complexity index is 671. The van der Waals surface area contributed by atoms with Crippen LogP contribution in [0, 0.1) is 5.92 Å². The van der Waals surface area contributed by atoms with Crippen LogP contribution >= 0.6 is 0 Å². The van der Waals surface area contributed by atoms with Gasteiger partial charge in [-0.05, 0) is 36.2 Å². The van der Waals surface area contributed by atoms with Gasteiger partial charge in [0.15, 0.2) is 11.5 Å². The average Bonchev–Trinajstić information content (AvgIpc) is 2.64. The Morgan fingerprint density at radius 2 is 1.80 bits per heavy atom. The van der Waals surface area contributed by atoms with Crippen molar-refractivity contribution in [1.82, 2.24) is 5.32 Å². The van der Waals surface area contributed by atoms with Gasteiger partial charge in [0.05, 0.1) is 20.3 Å². The molecule has 0 aliphatic carbocycles. The Kier molecular flexibility index (Phi) is 7.14. The highest BCUT2D eigenvalue weighted by Gasteiger charge is 2.11. The third-order valence-corrected chi connectivity index (χ3v) is 3.40. The highest BCUT2D eigenvalue weighted by molar-refractivity contribution is 5.94. The standard InChI is InChI=1S/C20H25NO4/c1-15(2)14-25-18-10-9-16(13-19(18)23-3)20(22)21-11-12-24-17-7-5-4-6-8-17/h4-10,13,15H,11-12,14H2,1-3H3,(H,21,22). The van der Waals surface area contributed by atoms with Crippen LogP contribution in [0.3, 0.4) is 0 Å². The van der Waals surface area contributed by atoms with Crippen molar-refractivity contribution in [2.45, 2.75) is 13.8 Å². The van der Waals surface area contributed by atoms with Crippen LogP contribution in [0.25, 0.3) is 0 Å². The van der Waals surface area contributed by atoms with Crippen LogP contribution in [0.2, 0.25) is 0 Å². The number of ether oxygens (including phenoxy) is 3. The molecule has 25 heavy (non-hydrogen) atoms. The van der Waals surface area contributed by atoms with Crippen molar-refractivity contribution in [3.63, 3.8) is 0 Å². The molecule has 0 saturated carbocycles. The highest BCUT2D eigenvalue weighted by atomic mass is 16.5. The summed E-state index contributed by atoms with van der Waals surface area (Å²) >= 11 is 0. The van der Waals surface area contributed by atoms with Crippen molar-refractivity contribution in [2.24, 2.45) is 5.92 Å². The molecule has 0 aromatic heterocycles. The molecular formula is C20H25NO4. The second-order valence-corrected chi connectivity index (χ2v) is 5.99. The molecule has 0 heterocycles. The van der Waals surface area contributed by atoms with Gasteiger partial charge < -0.3 is 19.5 Å². The zero-order valence-corrected chi connectivity index (χ0v) is 15.0. The fraction of sp³-hybridized carbons (Fsp3) is 0.350. The molecule has 0 aliphatic rings. The number of amides is 1. The quantitative estimate of drug-likeness (QED) is 0.708. The summed E-state index contributed by atoms with van der Waals surface area (Å²) in [6.07, 6.45) is 0. The maximum Gasteiger partial charge on any atom is 0.251 e. The Hall–Kier alpha value is -2.69. The van der Waals surface area contributed by atoms with Crippen LogP contribution in [-0.2, 0) is 0 Å². The molecular weight excluding hydrogens is 318 g/mol. The third kappa shape index (κ3) is 6.03. The summed E-state index contributed by atoms with van der Waals surface area (Å²) in [5.74, 6) is 2.21. The van der Waals surface area contributed by atoms with Crippen molar-refractivity contribution in [3.8, 4) is 17.2 Å². The number of hydrogen-bond acceptors (Lipinski definition) is 4. The molecule has 1 amide bonds. The average molecular weight is 343 g/mol. The molecule has 0 atom stereocenters. The molecule has 0 saturated heterocycles. The fourth-order valence-electron chi connectivity index (χ4n) is 2.14. The number of hydrogen-bond donors (Lipinski definition) is 1. The summed E-state index contributed by atoms with van der Waals surface area (Å²) in [6.45, 7) is 5.57. The lowest BCUT2D eigenvalue weighted by atomic mass is 10.2. The van der Waals surface area contributed by atoms with Gasteiger partial charge in [-0.25, -0.2) is 0 Å². The molecule has 134 valence electrons. The Balaban J connectivity index is 1.86. The molecule has 0 bridgehead atoms. The van der Waals surface area contributed by atoms with Gasteiger partial charge in [0.2, 0.25) is 0 Å². The lowest BCUT2D eigenvalue weighted by molar-refractivity contribution is 0.0946. The lowest BCUT2D eigenvalue weighted by Gasteiger charge is -2.13. The molecule has 0 spiro atoms. The molecule has 2 aromatic carbocycles. The summed E-state index contributed by atoms with van der Waals surface area (Å²) in [5, 5.41) is 2.83. The van der Waals surface area contributed by atoms with Gasteiger partial charge >= 0.3 is 0 Å². The minimum atomic E-state index is -0.176. The largest absolute Gasteiger partial charge is 0.493 e. The van der Waals surface area contributed by atoms with Crippen molar-refractivity contribution in [2.75, 3.05) is 26.9 Å². The molecule has 0 radical (unpaired) electrons. The third-order valence-electron chi connectivity index (χ3n) is 3.40. The van der Waals surface area contributed by atoms with E-state index in [1.165, 1.54) is 0 Å². The number of benzene rings is 2. The summed E-state index contributed by atoms with van der Waals surface area (Å²) in [5.41, 5.74) is 0.522. The van der Waals surface area contributed by atoms with Gasteiger partial charge in [-0.2, -0.15) is 0 Å². The molecule has 0 unspecified atom stereocenters. The molecule has 5 nitrogen and oxygen atoms in total. The van der Waals surface area contributed by atoms with Crippen LogP contribution in [0.4, 0.5) is 0 Å². The second kappa shape index (κ2) is 9.57. The van der Waals surface area contributed by atoms with Crippen LogP contribution in [0.15, 0.2) is 48.5 Å². The maximum atomic E-state index is 12.2. The number of carbonyl (C=O) groups excluding carboxylic acids is 1. The molecule has 0 fully saturated rings. The first kappa shape index (κ1) is 18.6. The molecule has 1 N–H and O–H groups in total. The van der Waals surface area contributed by atoms with Crippen LogP contribution in [0.5, 0.6) is 17.2 Å². The Morgan fingerprint density at radius 1 is 1.04 bits per heavy atom. The van der Waals surface area contributed by atoms with E-state index in [4.69, 9.17) is 14.2 Å². The van der Waals surface area contributed by atoms with Crippen LogP contribution in [0.1, 0.15) is 24.2 Å². The first-order chi connectivity index (χ1) is 12.1. The molecule has 0 aliphatic heterocycles. The molecule has 5 heteroatoms. The fourth-order valence-corrected chi connectivity index (χ4v) is 2.14. The van der Waals surface area contributed by atoms with Gasteiger partial charge in [-0.15, -0.1) is 0 Å². The summed E-state index contributed by atoms with van der Waals surface area (Å²) in [6, 6.07) is 14.7.